The van der Waals surface area contributed by atoms with Crippen LogP contribution in [0.4, 0.5) is 0 Å². The van der Waals surface area contributed by atoms with Gasteiger partial charge in [-0.2, -0.15) is 0 Å². The third kappa shape index (κ3) is 5.90. The molecule has 0 bridgehead atoms. The molecule has 0 saturated heterocycles. The molecule has 5 heteroatoms. The Hall–Kier alpha value is -2.30. The van der Waals surface area contributed by atoms with Crippen molar-refractivity contribution < 1.29 is 19.4 Å². The van der Waals surface area contributed by atoms with Gasteiger partial charge in [0.05, 0.1) is 0 Å². The molecule has 0 heterocycles. The Morgan fingerprint density at radius 2 is 1.46 bits per heavy atom. The number of hydrogen-bond acceptors (Lipinski definition) is 4. The van der Waals surface area contributed by atoms with Gasteiger partial charge in [-0.25, -0.2) is 4.79 Å². The van der Waals surface area contributed by atoms with E-state index >= 15 is 0 Å². The number of amides is 1. The summed E-state index contributed by atoms with van der Waals surface area (Å²) >= 11 is 0. The molecule has 1 amide bonds. The number of ether oxygens (including phenoxy) is 1. The zero-order chi connectivity index (χ0) is 20.3. The first-order chi connectivity index (χ1) is 11.7. The summed E-state index contributed by atoms with van der Waals surface area (Å²) in [6.45, 7) is 12.2. The van der Waals surface area contributed by atoms with Crippen LogP contribution in [0, 0.1) is 0 Å². The Morgan fingerprint density at radius 3 is 1.85 bits per heavy atom. The minimum absolute atomic E-state index is 0.0752. The summed E-state index contributed by atoms with van der Waals surface area (Å²) in [4.78, 5) is 24.7. The summed E-state index contributed by atoms with van der Waals surface area (Å²) in [5.41, 5.74) is 1.94. The molecule has 0 radical (unpaired) electrons. The quantitative estimate of drug-likeness (QED) is 0.656. The summed E-state index contributed by atoms with van der Waals surface area (Å²) in [7, 11) is 3.22. The van der Waals surface area contributed by atoms with Crippen molar-refractivity contribution in [2.75, 3.05) is 14.1 Å². The first-order valence-corrected chi connectivity index (χ1v) is 8.66. The minimum atomic E-state index is -0.581. The maximum Gasteiger partial charge on any atom is 0.331 e. The van der Waals surface area contributed by atoms with Crippen LogP contribution in [-0.4, -0.2) is 36.0 Å². The van der Waals surface area contributed by atoms with Gasteiger partial charge in [-0.3, -0.25) is 4.79 Å². The number of likely N-dealkylation sites (N-methyl/N-ethyl adjacent to an activating group) is 1. The van der Waals surface area contributed by atoms with E-state index in [1.807, 2.05) is 53.7 Å². The van der Waals surface area contributed by atoms with E-state index in [1.165, 1.54) is 11.0 Å². The highest BCUT2D eigenvalue weighted by Crippen LogP contribution is 2.39. The zero-order valence-corrected chi connectivity index (χ0v) is 17.1. The monoisotopic (exact) mass is 361 g/mol. The number of phenols is 1. The largest absolute Gasteiger partial charge is 0.507 e. The van der Waals surface area contributed by atoms with E-state index in [1.54, 1.807) is 14.1 Å². The topological polar surface area (TPSA) is 66.8 Å². The average Bonchev–Trinajstić information content (AvgIpc) is 2.48. The van der Waals surface area contributed by atoms with Gasteiger partial charge in [0.25, 0.3) is 0 Å². The second-order valence-electron chi connectivity index (χ2n) is 8.71. The van der Waals surface area contributed by atoms with E-state index in [0.717, 1.165) is 22.8 Å². The molecular weight excluding hydrogens is 330 g/mol. The van der Waals surface area contributed by atoms with Gasteiger partial charge in [-0.1, -0.05) is 41.5 Å². The van der Waals surface area contributed by atoms with Crippen molar-refractivity contribution in [1.82, 2.24) is 4.90 Å². The molecule has 1 rings (SSSR count). The fourth-order valence-corrected chi connectivity index (χ4v) is 2.41. The number of nitrogens with zero attached hydrogens (tertiary/aromatic N) is 1. The SMILES string of the molecule is CN(C)C(=O)/C=C/C(=O)OCc1cc(C(C)(C)C)c(O)c(C(C)(C)C)c1. The second-order valence-corrected chi connectivity index (χ2v) is 8.71. The summed E-state index contributed by atoms with van der Waals surface area (Å²) in [5, 5.41) is 10.7. The number of carbonyl (C=O) groups is 2. The van der Waals surface area contributed by atoms with E-state index in [9.17, 15) is 14.7 Å². The van der Waals surface area contributed by atoms with E-state index in [0.29, 0.717) is 0 Å². The summed E-state index contributed by atoms with van der Waals surface area (Å²) < 4.78 is 5.26. The standard InChI is InChI=1S/C21H31NO4/c1-20(2,3)15-11-14(12-16(19(15)25)21(4,5)6)13-26-18(24)10-9-17(23)22(7)8/h9-12,25H,13H2,1-8H3/b10-9+. The molecule has 0 aromatic heterocycles. The first-order valence-electron chi connectivity index (χ1n) is 8.66. The molecular formula is C21H31NO4. The third-order valence-corrected chi connectivity index (χ3v) is 3.97. The van der Waals surface area contributed by atoms with Gasteiger partial charge in [0.1, 0.15) is 12.4 Å². The maximum atomic E-state index is 11.8. The lowest BCUT2D eigenvalue weighted by Crippen LogP contribution is -2.19. The maximum absolute atomic E-state index is 11.8. The van der Waals surface area contributed by atoms with Crippen LogP contribution in [0.25, 0.3) is 0 Å². The van der Waals surface area contributed by atoms with Crippen molar-refractivity contribution in [3.05, 3.63) is 41.0 Å². The Labute approximate surface area is 156 Å². The lowest BCUT2D eigenvalue weighted by Gasteiger charge is -2.28. The summed E-state index contributed by atoms with van der Waals surface area (Å²) in [5.74, 6) is -0.573. The minimum Gasteiger partial charge on any atom is -0.507 e. The van der Waals surface area contributed by atoms with Crippen molar-refractivity contribution in [2.45, 2.75) is 59.0 Å². The van der Waals surface area contributed by atoms with Gasteiger partial charge in [0, 0.05) is 26.2 Å². The fourth-order valence-electron chi connectivity index (χ4n) is 2.41. The van der Waals surface area contributed by atoms with Crippen LogP contribution in [0.3, 0.4) is 0 Å². The summed E-state index contributed by atoms with van der Waals surface area (Å²) in [6, 6.07) is 3.74. The lowest BCUT2D eigenvalue weighted by atomic mass is 9.78. The van der Waals surface area contributed by atoms with Crippen LogP contribution < -0.4 is 0 Å². The number of aromatic hydroxyl groups is 1. The van der Waals surface area contributed by atoms with Gasteiger partial charge in [-0.15, -0.1) is 0 Å². The predicted octanol–water partition coefficient (Wildman–Crippen LogP) is 3.67. The molecule has 1 aromatic rings. The highest BCUT2D eigenvalue weighted by Gasteiger charge is 2.26. The number of rotatable bonds is 4. The van der Waals surface area contributed by atoms with Gasteiger partial charge in [-0.05, 0) is 39.7 Å². The molecule has 0 saturated carbocycles. The molecule has 26 heavy (non-hydrogen) atoms. The molecule has 0 aliphatic carbocycles. The Morgan fingerprint density at radius 1 is 1.00 bits per heavy atom. The van der Waals surface area contributed by atoms with Gasteiger partial charge in [0.2, 0.25) is 5.91 Å². The van der Waals surface area contributed by atoms with E-state index in [2.05, 4.69) is 0 Å². The van der Waals surface area contributed by atoms with Crippen molar-refractivity contribution in [1.29, 1.82) is 0 Å². The molecule has 1 aromatic carbocycles. The van der Waals surface area contributed by atoms with Gasteiger partial charge in [0.15, 0.2) is 0 Å². The Bertz CT molecular complexity index is 669. The molecule has 144 valence electrons. The highest BCUT2D eigenvalue weighted by molar-refractivity contribution is 5.94. The van der Waals surface area contributed by atoms with Crippen LogP contribution in [-0.2, 0) is 31.8 Å². The normalized spacial score (nSPS) is 12.3. The molecule has 0 fully saturated rings. The van der Waals surface area contributed by atoms with Crippen LogP contribution in [0.2, 0.25) is 0 Å². The molecule has 5 nitrogen and oxygen atoms in total. The highest BCUT2D eigenvalue weighted by atomic mass is 16.5. The Balaban J connectivity index is 3.07. The van der Waals surface area contributed by atoms with Crippen LogP contribution in [0.1, 0.15) is 58.2 Å². The number of carbonyl (C=O) groups excluding carboxylic acids is 2. The van der Waals surface area contributed by atoms with Crippen LogP contribution in [0.5, 0.6) is 5.75 Å². The zero-order valence-electron chi connectivity index (χ0n) is 17.1. The smallest absolute Gasteiger partial charge is 0.331 e. The third-order valence-electron chi connectivity index (χ3n) is 3.97. The number of benzene rings is 1. The van der Waals surface area contributed by atoms with Gasteiger partial charge >= 0.3 is 5.97 Å². The molecule has 0 aliphatic heterocycles. The van der Waals surface area contributed by atoms with Crippen LogP contribution >= 0.6 is 0 Å². The molecule has 0 atom stereocenters. The number of phenolic OH excluding ortho intramolecular Hbond substituents is 1. The van der Waals surface area contributed by atoms with Crippen molar-refractivity contribution in [3.63, 3.8) is 0 Å². The van der Waals surface area contributed by atoms with E-state index in [4.69, 9.17) is 4.74 Å². The number of esters is 1. The predicted molar refractivity (Wildman–Crippen MR) is 103 cm³/mol. The van der Waals surface area contributed by atoms with Gasteiger partial charge < -0.3 is 14.7 Å². The van der Waals surface area contributed by atoms with Crippen LogP contribution in [0.15, 0.2) is 24.3 Å². The van der Waals surface area contributed by atoms with Crippen molar-refractivity contribution in [2.24, 2.45) is 0 Å². The van der Waals surface area contributed by atoms with Crippen molar-refractivity contribution >= 4 is 11.9 Å². The summed E-state index contributed by atoms with van der Waals surface area (Å²) in [6.07, 6.45) is 2.30. The fraction of sp³-hybridized carbons (Fsp3) is 0.524. The second kappa shape index (κ2) is 7.94. The first kappa shape index (κ1) is 21.7. The molecule has 1 N–H and O–H groups in total. The molecule has 0 aliphatic rings. The van der Waals surface area contributed by atoms with E-state index < -0.39 is 5.97 Å². The van der Waals surface area contributed by atoms with E-state index in [-0.39, 0.29) is 29.1 Å². The Kier molecular flexibility index (Phi) is 6.64. The number of hydrogen-bond donors (Lipinski definition) is 1. The molecule has 0 unspecified atom stereocenters. The lowest BCUT2D eigenvalue weighted by molar-refractivity contribution is -0.139. The average molecular weight is 361 g/mol. The molecule has 0 spiro atoms. The van der Waals surface area contributed by atoms with Crippen molar-refractivity contribution in [3.8, 4) is 5.75 Å².